The van der Waals surface area contributed by atoms with Gasteiger partial charge in [0.25, 0.3) is 0 Å². The normalized spacial score (nSPS) is 11.0. The van der Waals surface area contributed by atoms with E-state index in [2.05, 4.69) is 53.8 Å². The van der Waals surface area contributed by atoms with Crippen LogP contribution in [0.25, 0.3) is 22.0 Å². The van der Waals surface area contributed by atoms with Crippen LogP contribution in [0.15, 0.2) is 103 Å². The number of aliphatic hydroxyl groups excluding tert-OH is 1. The van der Waals surface area contributed by atoms with E-state index < -0.39 is 0 Å². The van der Waals surface area contributed by atoms with Crippen LogP contribution in [0.4, 0.5) is 11.4 Å². The van der Waals surface area contributed by atoms with Crippen LogP contribution in [0, 0.1) is 0 Å². The molecule has 1 aromatic heterocycles. The van der Waals surface area contributed by atoms with Crippen LogP contribution in [0.2, 0.25) is 5.02 Å². The number of aliphatic hydroxyl groups is 1. The molecule has 2 N–H and O–H groups in total. The molecular formula is C29H23ClN2O. The van der Waals surface area contributed by atoms with Crippen molar-refractivity contribution in [2.24, 2.45) is 0 Å². The van der Waals surface area contributed by atoms with Crippen molar-refractivity contribution in [1.29, 1.82) is 0 Å². The molecule has 4 aromatic carbocycles. The Bertz CT molecular complexity index is 1420. The molecule has 0 spiro atoms. The van der Waals surface area contributed by atoms with Crippen LogP contribution in [0.3, 0.4) is 0 Å². The number of fused-ring (bicyclic) bond motifs is 1. The number of rotatable bonds is 6. The topological polar surface area (TPSA) is 45.1 Å². The van der Waals surface area contributed by atoms with E-state index in [1.54, 1.807) is 0 Å². The molecule has 0 saturated carbocycles. The van der Waals surface area contributed by atoms with Crippen molar-refractivity contribution in [2.75, 3.05) is 5.32 Å². The Balaban J connectivity index is 1.61. The van der Waals surface area contributed by atoms with Crippen molar-refractivity contribution in [1.82, 2.24) is 4.98 Å². The molecule has 3 nitrogen and oxygen atoms in total. The second-order valence-electron chi connectivity index (χ2n) is 8.02. The monoisotopic (exact) mass is 450 g/mol. The molecule has 0 unspecified atom stereocenters. The van der Waals surface area contributed by atoms with E-state index in [0.29, 0.717) is 5.02 Å². The first kappa shape index (κ1) is 21.2. The number of halogens is 1. The molecular weight excluding hydrogens is 428 g/mol. The molecule has 0 radical (unpaired) electrons. The Morgan fingerprint density at radius 3 is 2.30 bits per heavy atom. The molecule has 33 heavy (non-hydrogen) atoms. The lowest BCUT2D eigenvalue weighted by atomic mass is 9.92. The van der Waals surface area contributed by atoms with Crippen LogP contribution in [0.1, 0.15) is 16.7 Å². The minimum absolute atomic E-state index is 0.0160. The Labute approximate surface area is 198 Å². The lowest BCUT2D eigenvalue weighted by molar-refractivity contribution is 0.282. The van der Waals surface area contributed by atoms with E-state index in [1.807, 2.05) is 54.7 Å². The quantitative estimate of drug-likeness (QED) is 0.283. The zero-order valence-electron chi connectivity index (χ0n) is 18.0. The Kier molecular flexibility index (Phi) is 6.07. The summed E-state index contributed by atoms with van der Waals surface area (Å²) in [6.45, 7) is 0.0160. The summed E-state index contributed by atoms with van der Waals surface area (Å²) in [6.07, 6.45) is 2.73. The number of nitrogens with one attached hydrogen (secondary N) is 1. The zero-order valence-corrected chi connectivity index (χ0v) is 18.8. The van der Waals surface area contributed by atoms with Gasteiger partial charge in [-0.25, -0.2) is 0 Å². The smallest absolute Gasteiger partial charge is 0.0894 e. The Morgan fingerprint density at radius 1 is 0.758 bits per heavy atom. The molecule has 5 rings (SSSR count). The van der Waals surface area contributed by atoms with Crippen molar-refractivity contribution in [3.63, 3.8) is 0 Å². The maximum Gasteiger partial charge on any atom is 0.0894 e. The number of anilines is 2. The van der Waals surface area contributed by atoms with Crippen LogP contribution in [-0.4, -0.2) is 10.1 Å². The number of hydrogen-bond acceptors (Lipinski definition) is 3. The maximum atomic E-state index is 9.45. The first-order valence-corrected chi connectivity index (χ1v) is 11.3. The van der Waals surface area contributed by atoms with Crippen molar-refractivity contribution in [2.45, 2.75) is 13.0 Å². The minimum Gasteiger partial charge on any atom is -0.392 e. The number of hydrogen-bond donors (Lipinski definition) is 2. The molecule has 0 atom stereocenters. The third-order valence-electron chi connectivity index (χ3n) is 5.71. The van der Waals surface area contributed by atoms with Gasteiger partial charge in [0.05, 0.1) is 17.1 Å². The van der Waals surface area contributed by atoms with E-state index in [-0.39, 0.29) is 6.61 Å². The number of para-hydroxylation sites is 1. The van der Waals surface area contributed by atoms with Crippen molar-refractivity contribution < 1.29 is 5.11 Å². The van der Waals surface area contributed by atoms with Gasteiger partial charge in [0.2, 0.25) is 0 Å². The molecule has 0 aliphatic rings. The summed E-state index contributed by atoms with van der Waals surface area (Å²) in [6, 6.07) is 32.5. The summed E-state index contributed by atoms with van der Waals surface area (Å²) in [4.78, 5) is 4.70. The highest BCUT2D eigenvalue weighted by Crippen LogP contribution is 2.36. The van der Waals surface area contributed by atoms with E-state index in [1.165, 1.54) is 5.56 Å². The summed E-state index contributed by atoms with van der Waals surface area (Å²) in [5, 5.41) is 14.6. The summed E-state index contributed by atoms with van der Waals surface area (Å²) >= 11 is 6.50. The van der Waals surface area contributed by atoms with Crippen LogP contribution >= 0.6 is 11.6 Å². The maximum absolute atomic E-state index is 9.45. The lowest BCUT2D eigenvalue weighted by Crippen LogP contribution is -1.97. The van der Waals surface area contributed by atoms with Gasteiger partial charge in [-0.2, -0.15) is 0 Å². The van der Waals surface area contributed by atoms with Crippen LogP contribution in [-0.2, 0) is 13.0 Å². The van der Waals surface area contributed by atoms with Gasteiger partial charge in [-0.1, -0.05) is 78.3 Å². The fourth-order valence-electron chi connectivity index (χ4n) is 4.19. The van der Waals surface area contributed by atoms with Gasteiger partial charge in [-0.05, 0) is 64.6 Å². The molecule has 0 aliphatic heterocycles. The highest BCUT2D eigenvalue weighted by atomic mass is 35.5. The van der Waals surface area contributed by atoms with Gasteiger partial charge in [0.1, 0.15) is 0 Å². The second-order valence-corrected chi connectivity index (χ2v) is 8.43. The summed E-state index contributed by atoms with van der Waals surface area (Å²) in [7, 11) is 0. The number of aromatic nitrogens is 1. The predicted molar refractivity (Wildman–Crippen MR) is 137 cm³/mol. The molecule has 1 heterocycles. The Hall–Kier alpha value is -3.66. The van der Waals surface area contributed by atoms with E-state index in [9.17, 15) is 5.11 Å². The molecule has 0 saturated heterocycles. The second kappa shape index (κ2) is 9.45. The number of nitrogens with zero attached hydrogens (tertiary/aromatic N) is 1. The molecule has 0 bridgehead atoms. The van der Waals surface area contributed by atoms with Crippen LogP contribution in [0.5, 0.6) is 0 Å². The van der Waals surface area contributed by atoms with Gasteiger partial charge in [0, 0.05) is 23.0 Å². The number of pyridine rings is 1. The van der Waals surface area contributed by atoms with E-state index >= 15 is 0 Å². The highest BCUT2D eigenvalue weighted by molar-refractivity contribution is 6.35. The standard InChI is InChI=1S/C29H23ClN2O/c30-27-14-6-13-26-28(23(18-31-29(26)27)15-20-7-2-1-3-8-20)22-10-5-12-25(17-22)32-24-11-4-9-21(16-24)19-33/h1-14,16-18,32-33H,15,19H2. The van der Waals surface area contributed by atoms with E-state index in [4.69, 9.17) is 16.6 Å². The largest absolute Gasteiger partial charge is 0.392 e. The van der Waals surface area contributed by atoms with Crippen LogP contribution < -0.4 is 5.32 Å². The van der Waals surface area contributed by atoms with Crippen molar-refractivity contribution in [3.05, 3.63) is 125 Å². The predicted octanol–water partition coefficient (Wildman–Crippen LogP) is 7.38. The van der Waals surface area contributed by atoms with Gasteiger partial charge in [-0.15, -0.1) is 0 Å². The highest BCUT2D eigenvalue weighted by Gasteiger charge is 2.14. The lowest BCUT2D eigenvalue weighted by Gasteiger charge is -2.15. The first-order valence-electron chi connectivity index (χ1n) is 10.9. The van der Waals surface area contributed by atoms with Gasteiger partial charge in [-0.3, -0.25) is 4.98 Å². The van der Waals surface area contributed by atoms with Gasteiger partial charge in [0.15, 0.2) is 0 Å². The SMILES string of the molecule is OCc1cccc(Nc2cccc(-c3c(Cc4ccccc4)cnc4c(Cl)cccc34)c2)c1. The molecule has 4 heteroatoms. The molecule has 5 aromatic rings. The van der Waals surface area contributed by atoms with E-state index in [0.717, 1.165) is 51.0 Å². The third-order valence-corrected chi connectivity index (χ3v) is 6.02. The zero-order chi connectivity index (χ0) is 22.6. The number of benzene rings is 4. The average molecular weight is 451 g/mol. The van der Waals surface area contributed by atoms with Crippen molar-refractivity contribution >= 4 is 33.9 Å². The summed E-state index contributed by atoms with van der Waals surface area (Å²) in [5.41, 5.74) is 8.20. The fraction of sp³-hybridized carbons (Fsp3) is 0.0690. The van der Waals surface area contributed by atoms with Crippen molar-refractivity contribution in [3.8, 4) is 11.1 Å². The fourth-order valence-corrected chi connectivity index (χ4v) is 4.41. The molecule has 162 valence electrons. The Morgan fingerprint density at radius 2 is 1.48 bits per heavy atom. The first-order chi connectivity index (χ1) is 16.2. The summed E-state index contributed by atoms with van der Waals surface area (Å²) < 4.78 is 0. The minimum atomic E-state index is 0.0160. The third kappa shape index (κ3) is 4.61. The average Bonchev–Trinajstić information content (AvgIpc) is 2.85. The molecule has 0 aliphatic carbocycles. The summed E-state index contributed by atoms with van der Waals surface area (Å²) in [5.74, 6) is 0. The van der Waals surface area contributed by atoms with Gasteiger partial charge < -0.3 is 10.4 Å². The molecule has 0 fully saturated rings. The molecule has 0 amide bonds. The van der Waals surface area contributed by atoms with Gasteiger partial charge >= 0.3 is 0 Å².